The Morgan fingerprint density at radius 2 is 2.10 bits per heavy atom. The molecule has 0 radical (unpaired) electrons. The average Bonchev–Trinajstić information content (AvgIpc) is 2.49. The summed E-state index contributed by atoms with van der Waals surface area (Å²) in [4.78, 5) is 7.02. The van der Waals surface area contributed by atoms with Gasteiger partial charge in [-0.3, -0.25) is 9.88 Å². The third-order valence-electron chi connectivity index (χ3n) is 3.75. The van der Waals surface area contributed by atoms with Gasteiger partial charge < -0.3 is 10.1 Å². The lowest BCUT2D eigenvalue weighted by molar-refractivity contribution is 0.0398. The molecule has 5 heteroatoms. The maximum atomic E-state index is 5.38. The van der Waals surface area contributed by atoms with Crippen molar-refractivity contribution >= 4 is 32.5 Å². The fraction of sp³-hybridized carbons (Fsp3) is 0.438. The summed E-state index contributed by atoms with van der Waals surface area (Å²) >= 11 is 3.54. The molecular weight excluding hydrogens is 330 g/mol. The number of nitrogens with zero attached hydrogens (tertiary/aromatic N) is 2. The number of aromatic nitrogens is 1. The molecule has 1 aliphatic heterocycles. The number of ether oxygens (including phenoxy) is 1. The second-order valence-corrected chi connectivity index (χ2v) is 6.27. The monoisotopic (exact) mass is 349 g/mol. The topological polar surface area (TPSA) is 37.4 Å². The van der Waals surface area contributed by atoms with Gasteiger partial charge in [0.25, 0.3) is 0 Å². The number of fused-ring (bicyclic) bond motifs is 1. The number of rotatable bonds is 4. The summed E-state index contributed by atoms with van der Waals surface area (Å²) in [5, 5.41) is 4.72. The zero-order chi connectivity index (χ0) is 14.7. The van der Waals surface area contributed by atoms with Crippen LogP contribution in [-0.4, -0.2) is 49.3 Å². The Balaban J connectivity index is 1.71. The van der Waals surface area contributed by atoms with Gasteiger partial charge in [0.1, 0.15) is 0 Å². The van der Waals surface area contributed by atoms with Crippen molar-refractivity contribution in [3.05, 3.63) is 34.4 Å². The van der Waals surface area contributed by atoms with Gasteiger partial charge in [0, 0.05) is 47.4 Å². The SMILES string of the molecule is Cc1cc(NCCN2CCOCC2)c2cc(Br)ccc2n1. The molecule has 0 saturated carbocycles. The number of hydrogen-bond acceptors (Lipinski definition) is 4. The van der Waals surface area contributed by atoms with Crippen LogP contribution in [0.5, 0.6) is 0 Å². The Hall–Kier alpha value is -1.17. The van der Waals surface area contributed by atoms with Crippen LogP contribution >= 0.6 is 15.9 Å². The van der Waals surface area contributed by atoms with Gasteiger partial charge in [0.05, 0.1) is 18.7 Å². The summed E-state index contributed by atoms with van der Waals surface area (Å²) in [6, 6.07) is 8.33. The van der Waals surface area contributed by atoms with Gasteiger partial charge in [-0.25, -0.2) is 0 Å². The Morgan fingerprint density at radius 1 is 1.29 bits per heavy atom. The fourth-order valence-corrected chi connectivity index (χ4v) is 3.01. The van der Waals surface area contributed by atoms with E-state index in [-0.39, 0.29) is 0 Å². The number of hydrogen-bond donors (Lipinski definition) is 1. The van der Waals surface area contributed by atoms with E-state index in [2.05, 4.69) is 49.3 Å². The van der Waals surface area contributed by atoms with Crippen molar-refractivity contribution < 1.29 is 4.74 Å². The van der Waals surface area contributed by atoms with Crippen molar-refractivity contribution in [1.82, 2.24) is 9.88 Å². The molecule has 1 aliphatic rings. The first kappa shape index (κ1) is 14.8. The smallest absolute Gasteiger partial charge is 0.0726 e. The van der Waals surface area contributed by atoms with E-state index in [0.717, 1.165) is 66.1 Å². The van der Waals surface area contributed by atoms with Crippen LogP contribution in [0.15, 0.2) is 28.7 Å². The molecule has 0 atom stereocenters. The van der Waals surface area contributed by atoms with Gasteiger partial charge in [-0.05, 0) is 31.2 Å². The molecule has 1 aromatic heterocycles. The fourth-order valence-electron chi connectivity index (χ4n) is 2.65. The van der Waals surface area contributed by atoms with Crippen LogP contribution in [0.2, 0.25) is 0 Å². The highest BCUT2D eigenvalue weighted by molar-refractivity contribution is 9.10. The zero-order valence-corrected chi connectivity index (χ0v) is 13.8. The third kappa shape index (κ3) is 3.73. The molecule has 1 N–H and O–H groups in total. The van der Waals surface area contributed by atoms with Crippen LogP contribution in [0.1, 0.15) is 5.69 Å². The zero-order valence-electron chi connectivity index (χ0n) is 12.2. The van der Waals surface area contributed by atoms with Gasteiger partial charge in [0.2, 0.25) is 0 Å². The predicted octanol–water partition coefficient (Wildman–Crippen LogP) is 3.05. The van der Waals surface area contributed by atoms with E-state index in [1.165, 1.54) is 0 Å². The molecule has 0 aliphatic carbocycles. The second kappa shape index (κ2) is 6.73. The van der Waals surface area contributed by atoms with E-state index >= 15 is 0 Å². The second-order valence-electron chi connectivity index (χ2n) is 5.35. The summed E-state index contributed by atoms with van der Waals surface area (Å²) in [7, 11) is 0. The summed E-state index contributed by atoms with van der Waals surface area (Å²) in [5.74, 6) is 0. The van der Waals surface area contributed by atoms with Crippen LogP contribution in [0.25, 0.3) is 10.9 Å². The van der Waals surface area contributed by atoms with Crippen LogP contribution in [0.3, 0.4) is 0 Å². The molecule has 0 bridgehead atoms. The van der Waals surface area contributed by atoms with Crippen molar-refractivity contribution in [2.24, 2.45) is 0 Å². The molecule has 1 aromatic carbocycles. The Labute approximate surface area is 133 Å². The first-order chi connectivity index (χ1) is 10.2. The standard InChI is InChI=1S/C16H20BrN3O/c1-12-10-16(14-11-13(17)2-3-15(14)19-12)18-4-5-20-6-8-21-9-7-20/h2-3,10-11H,4-9H2,1H3,(H,18,19). The Kier molecular flexibility index (Phi) is 4.73. The summed E-state index contributed by atoms with van der Waals surface area (Å²) < 4.78 is 6.46. The van der Waals surface area contributed by atoms with Gasteiger partial charge in [0.15, 0.2) is 0 Å². The third-order valence-corrected chi connectivity index (χ3v) is 4.24. The van der Waals surface area contributed by atoms with Crippen molar-refractivity contribution in [2.45, 2.75) is 6.92 Å². The van der Waals surface area contributed by atoms with Gasteiger partial charge in [-0.2, -0.15) is 0 Å². The lowest BCUT2D eigenvalue weighted by atomic mass is 10.1. The minimum absolute atomic E-state index is 0.851. The van der Waals surface area contributed by atoms with Crippen molar-refractivity contribution in [1.29, 1.82) is 0 Å². The number of morpholine rings is 1. The van der Waals surface area contributed by atoms with Crippen LogP contribution in [0.4, 0.5) is 5.69 Å². The highest BCUT2D eigenvalue weighted by Gasteiger charge is 2.10. The van der Waals surface area contributed by atoms with Gasteiger partial charge in [-0.15, -0.1) is 0 Å². The Morgan fingerprint density at radius 3 is 2.90 bits per heavy atom. The molecule has 0 spiro atoms. The van der Waals surface area contributed by atoms with E-state index in [1.54, 1.807) is 0 Å². The number of anilines is 1. The normalized spacial score (nSPS) is 16.3. The summed E-state index contributed by atoms with van der Waals surface area (Å²) in [5.41, 5.74) is 3.23. The molecule has 2 aromatic rings. The van der Waals surface area contributed by atoms with E-state index in [1.807, 2.05) is 13.0 Å². The molecule has 112 valence electrons. The van der Waals surface area contributed by atoms with E-state index < -0.39 is 0 Å². The molecule has 1 saturated heterocycles. The largest absolute Gasteiger partial charge is 0.383 e. The molecular formula is C16H20BrN3O. The quantitative estimate of drug-likeness (QED) is 0.920. The maximum Gasteiger partial charge on any atom is 0.0726 e. The first-order valence-electron chi connectivity index (χ1n) is 7.33. The number of halogens is 1. The predicted molar refractivity (Wildman–Crippen MR) is 89.9 cm³/mol. The van der Waals surface area contributed by atoms with Crippen LogP contribution < -0.4 is 5.32 Å². The Bertz CT molecular complexity index is 626. The van der Waals surface area contributed by atoms with Crippen molar-refractivity contribution in [2.75, 3.05) is 44.7 Å². The molecule has 0 unspecified atom stereocenters. The number of pyridine rings is 1. The van der Waals surface area contributed by atoms with Crippen molar-refractivity contribution in [3.63, 3.8) is 0 Å². The van der Waals surface area contributed by atoms with E-state index in [9.17, 15) is 0 Å². The van der Waals surface area contributed by atoms with Gasteiger partial charge >= 0.3 is 0 Å². The molecule has 0 amide bonds. The maximum absolute atomic E-state index is 5.38. The van der Waals surface area contributed by atoms with E-state index in [0.29, 0.717) is 0 Å². The number of aryl methyl sites for hydroxylation is 1. The van der Waals surface area contributed by atoms with Crippen LogP contribution in [-0.2, 0) is 4.74 Å². The summed E-state index contributed by atoms with van der Waals surface area (Å²) in [6.45, 7) is 7.78. The number of benzene rings is 1. The first-order valence-corrected chi connectivity index (χ1v) is 8.12. The molecule has 1 fully saturated rings. The highest BCUT2D eigenvalue weighted by Crippen LogP contribution is 2.26. The van der Waals surface area contributed by atoms with Crippen LogP contribution in [0, 0.1) is 6.92 Å². The van der Waals surface area contributed by atoms with E-state index in [4.69, 9.17) is 4.74 Å². The molecule has 21 heavy (non-hydrogen) atoms. The minimum Gasteiger partial charge on any atom is -0.383 e. The number of nitrogens with one attached hydrogen (secondary N) is 1. The molecule has 3 rings (SSSR count). The highest BCUT2D eigenvalue weighted by atomic mass is 79.9. The summed E-state index contributed by atoms with van der Waals surface area (Å²) in [6.07, 6.45) is 0. The average molecular weight is 350 g/mol. The molecule has 2 heterocycles. The molecule has 4 nitrogen and oxygen atoms in total. The van der Waals surface area contributed by atoms with Crippen molar-refractivity contribution in [3.8, 4) is 0 Å². The lowest BCUT2D eigenvalue weighted by Crippen LogP contribution is -2.39. The van der Waals surface area contributed by atoms with Gasteiger partial charge in [-0.1, -0.05) is 15.9 Å². The lowest BCUT2D eigenvalue weighted by Gasteiger charge is -2.26. The minimum atomic E-state index is 0.851.